The summed E-state index contributed by atoms with van der Waals surface area (Å²) in [6.07, 6.45) is 1.39. The maximum Gasteiger partial charge on any atom is 0.275 e. The SMILES string of the molecule is O=C(N/N=C\c1cc(Cl)ccc1OCc1ccc(Br)cc1)c1cc(O)ccc1O. The van der Waals surface area contributed by atoms with E-state index in [-0.39, 0.29) is 17.1 Å². The second-order valence-corrected chi connectivity index (χ2v) is 7.35. The lowest BCUT2D eigenvalue weighted by Gasteiger charge is -2.10. The van der Waals surface area contributed by atoms with E-state index in [2.05, 4.69) is 26.5 Å². The van der Waals surface area contributed by atoms with Crippen molar-refractivity contribution in [1.29, 1.82) is 0 Å². The predicted molar refractivity (Wildman–Crippen MR) is 115 cm³/mol. The third-order valence-corrected chi connectivity index (χ3v) is 4.64. The average Bonchev–Trinajstić information content (AvgIpc) is 2.70. The molecule has 0 radical (unpaired) electrons. The van der Waals surface area contributed by atoms with E-state index < -0.39 is 5.91 Å². The number of hydrogen-bond donors (Lipinski definition) is 3. The Bertz CT molecular complexity index is 1060. The normalized spacial score (nSPS) is 10.8. The number of benzene rings is 3. The smallest absolute Gasteiger partial charge is 0.275 e. The van der Waals surface area contributed by atoms with Crippen molar-refractivity contribution < 1.29 is 19.7 Å². The first-order valence-corrected chi connectivity index (χ1v) is 9.61. The molecule has 8 heteroatoms. The van der Waals surface area contributed by atoms with E-state index in [1.165, 1.54) is 18.3 Å². The van der Waals surface area contributed by atoms with Crippen molar-refractivity contribution in [3.63, 3.8) is 0 Å². The summed E-state index contributed by atoms with van der Waals surface area (Å²) in [5.74, 6) is -0.545. The minimum absolute atomic E-state index is 0.0973. The molecule has 3 aromatic rings. The fourth-order valence-electron chi connectivity index (χ4n) is 2.42. The summed E-state index contributed by atoms with van der Waals surface area (Å²) in [7, 11) is 0. The molecule has 3 aromatic carbocycles. The Kier molecular flexibility index (Phi) is 6.74. The summed E-state index contributed by atoms with van der Waals surface area (Å²) in [6.45, 7) is 0.347. The molecule has 0 fully saturated rings. The lowest BCUT2D eigenvalue weighted by atomic mass is 10.2. The fourth-order valence-corrected chi connectivity index (χ4v) is 2.86. The number of hydrogen-bond acceptors (Lipinski definition) is 5. The quantitative estimate of drug-likeness (QED) is 0.270. The van der Waals surface area contributed by atoms with Gasteiger partial charge in [-0.1, -0.05) is 39.7 Å². The Morgan fingerprint density at radius 1 is 1.10 bits per heavy atom. The largest absolute Gasteiger partial charge is 0.508 e. The number of rotatable bonds is 6. The molecule has 0 saturated carbocycles. The summed E-state index contributed by atoms with van der Waals surface area (Å²) in [4.78, 5) is 12.1. The number of amides is 1. The molecule has 0 atom stereocenters. The van der Waals surface area contributed by atoms with E-state index in [0.29, 0.717) is 22.9 Å². The highest BCUT2D eigenvalue weighted by molar-refractivity contribution is 9.10. The maximum atomic E-state index is 12.1. The van der Waals surface area contributed by atoms with Crippen LogP contribution in [0.5, 0.6) is 17.2 Å². The van der Waals surface area contributed by atoms with Crippen LogP contribution in [0, 0.1) is 0 Å². The Labute approximate surface area is 180 Å². The second-order valence-electron chi connectivity index (χ2n) is 6.00. The molecule has 0 aromatic heterocycles. The van der Waals surface area contributed by atoms with Crippen LogP contribution in [0.3, 0.4) is 0 Å². The number of hydrazone groups is 1. The Morgan fingerprint density at radius 2 is 1.86 bits per heavy atom. The zero-order valence-corrected chi connectivity index (χ0v) is 17.3. The topological polar surface area (TPSA) is 91.2 Å². The summed E-state index contributed by atoms with van der Waals surface area (Å²) in [5.41, 5.74) is 3.75. The molecule has 148 valence electrons. The highest BCUT2D eigenvalue weighted by Gasteiger charge is 2.11. The summed E-state index contributed by atoms with van der Waals surface area (Å²) in [6, 6.07) is 16.4. The minimum Gasteiger partial charge on any atom is -0.508 e. The molecule has 0 aliphatic rings. The number of aromatic hydroxyl groups is 2. The van der Waals surface area contributed by atoms with Crippen LogP contribution in [-0.4, -0.2) is 22.3 Å². The van der Waals surface area contributed by atoms with E-state index in [9.17, 15) is 15.0 Å². The lowest BCUT2D eigenvalue weighted by molar-refractivity contribution is 0.0952. The molecule has 1 amide bonds. The molecule has 0 aliphatic carbocycles. The van der Waals surface area contributed by atoms with Gasteiger partial charge in [0.05, 0.1) is 11.8 Å². The number of phenols is 2. The van der Waals surface area contributed by atoms with Crippen LogP contribution in [0.25, 0.3) is 0 Å². The molecule has 0 spiro atoms. The number of nitrogens with one attached hydrogen (secondary N) is 1. The molecule has 29 heavy (non-hydrogen) atoms. The highest BCUT2D eigenvalue weighted by atomic mass is 79.9. The second kappa shape index (κ2) is 9.45. The zero-order valence-electron chi connectivity index (χ0n) is 15.0. The van der Waals surface area contributed by atoms with E-state index in [1.54, 1.807) is 18.2 Å². The monoisotopic (exact) mass is 474 g/mol. The van der Waals surface area contributed by atoms with Crippen molar-refractivity contribution in [2.24, 2.45) is 5.10 Å². The van der Waals surface area contributed by atoms with Gasteiger partial charge in [-0.3, -0.25) is 4.79 Å². The van der Waals surface area contributed by atoms with Gasteiger partial charge < -0.3 is 14.9 Å². The first-order valence-electron chi connectivity index (χ1n) is 8.44. The van der Waals surface area contributed by atoms with Crippen molar-refractivity contribution in [3.8, 4) is 17.2 Å². The van der Waals surface area contributed by atoms with Crippen LogP contribution < -0.4 is 10.2 Å². The fraction of sp³-hybridized carbons (Fsp3) is 0.0476. The zero-order chi connectivity index (χ0) is 20.8. The van der Waals surface area contributed by atoms with Gasteiger partial charge in [-0.25, -0.2) is 5.43 Å². The predicted octanol–water partition coefficient (Wildman–Crippen LogP) is 4.86. The number of carbonyl (C=O) groups is 1. The first-order chi connectivity index (χ1) is 13.9. The molecule has 0 aliphatic heterocycles. The number of carbonyl (C=O) groups excluding carboxylic acids is 1. The van der Waals surface area contributed by atoms with Gasteiger partial charge in [-0.05, 0) is 54.1 Å². The Hall–Kier alpha value is -3.03. The summed E-state index contributed by atoms with van der Waals surface area (Å²) >= 11 is 9.45. The van der Waals surface area contributed by atoms with Crippen LogP contribution in [0.1, 0.15) is 21.5 Å². The van der Waals surface area contributed by atoms with E-state index in [4.69, 9.17) is 16.3 Å². The first kappa shape index (κ1) is 20.7. The van der Waals surface area contributed by atoms with Crippen LogP contribution in [0.4, 0.5) is 0 Å². The minimum atomic E-state index is -0.672. The standard InChI is InChI=1S/C21H16BrClN2O4/c22-15-3-1-13(2-4-15)12-29-20-8-5-16(23)9-14(20)11-24-25-21(28)18-10-17(26)6-7-19(18)27/h1-11,26-27H,12H2,(H,25,28)/b24-11-. The van der Waals surface area contributed by atoms with Crippen molar-refractivity contribution in [3.05, 3.63) is 86.8 Å². The van der Waals surface area contributed by atoms with Gasteiger partial charge in [0.2, 0.25) is 0 Å². The van der Waals surface area contributed by atoms with Crippen molar-refractivity contribution in [2.45, 2.75) is 6.61 Å². The van der Waals surface area contributed by atoms with Gasteiger partial charge in [0.25, 0.3) is 5.91 Å². The molecule has 0 saturated heterocycles. The molecule has 3 rings (SSSR count). The van der Waals surface area contributed by atoms with Gasteiger partial charge in [0.15, 0.2) is 0 Å². The third-order valence-electron chi connectivity index (χ3n) is 3.87. The molecular formula is C21H16BrClN2O4. The summed E-state index contributed by atoms with van der Waals surface area (Å²) in [5, 5.41) is 23.6. The van der Waals surface area contributed by atoms with Crippen molar-refractivity contribution in [1.82, 2.24) is 5.43 Å². The van der Waals surface area contributed by atoms with E-state index >= 15 is 0 Å². The van der Waals surface area contributed by atoms with Gasteiger partial charge >= 0.3 is 0 Å². The van der Waals surface area contributed by atoms with E-state index in [1.807, 2.05) is 24.3 Å². The van der Waals surface area contributed by atoms with Crippen LogP contribution in [0.2, 0.25) is 5.02 Å². The van der Waals surface area contributed by atoms with Gasteiger partial charge in [0, 0.05) is 15.1 Å². The Morgan fingerprint density at radius 3 is 2.62 bits per heavy atom. The van der Waals surface area contributed by atoms with Gasteiger partial charge in [0.1, 0.15) is 23.9 Å². The van der Waals surface area contributed by atoms with E-state index in [0.717, 1.165) is 16.1 Å². The van der Waals surface area contributed by atoms with Crippen molar-refractivity contribution in [2.75, 3.05) is 0 Å². The maximum absolute atomic E-state index is 12.1. The number of phenolic OH excluding ortho intramolecular Hbond substituents is 2. The number of halogens is 2. The molecular weight excluding hydrogens is 460 g/mol. The Balaban J connectivity index is 1.71. The van der Waals surface area contributed by atoms with Gasteiger partial charge in [-0.15, -0.1) is 0 Å². The van der Waals surface area contributed by atoms with Crippen LogP contribution >= 0.6 is 27.5 Å². The van der Waals surface area contributed by atoms with Crippen molar-refractivity contribution >= 4 is 39.7 Å². The van der Waals surface area contributed by atoms with Crippen LogP contribution in [-0.2, 0) is 6.61 Å². The molecule has 0 bridgehead atoms. The lowest BCUT2D eigenvalue weighted by Crippen LogP contribution is -2.17. The molecule has 0 unspecified atom stereocenters. The third kappa shape index (κ3) is 5.73. The average molecular weight is 476 g/mol. The number of ether oxygens (including phenoxy) is 1. The van der Waals surface area contributed by atoms with Gasteiger partial charge in [-0.2, -0.15) is 5.10 Å². The molecule has 0 heterocycles. The summed E-state index contributed by atoms with van der Waals surface area (Å²) < 4.78 is 6.82. The molecule has 6 nitrogen and oxygen atoms in total. The highest BCUT2D eigenvalue weighted by Crippen LogP contribution is 2.24. The van der Waals surface area contributed by atoms with Crippen LogP contribution in [0.15, 0.2) is 70.2 Å². The number of nitrogens with zero attached hydrogens (tertiary/aromatic N) is 1. The molecule has 3 N–H and O–H groups in total.